The Kier molecular flexibility index (Phi) is 5.82. The highest BCUT2D eigenvalue weighted by Crippen LogP contribution is 2.25. The molecule has 0 aliphatic carbocycles. The lowest BCUT2D eigenvalue weighted by molar-refractivity contribution is 0.414. The minimum absolute atomic E-state index is 0.0180. The summed E-state index contributed by atoms with van der Waals surface area (Å²) in [5.41, 5.74) is 8.72. The van der Waals surface area contributed by atoms with Gasteiger partial charge in [0.05, 0.1) is 23.5 Å². The second-order valence-electron chi connectivity index (χ2n) is 5.09. The molecule has 0 bridgehead atoms. The van der Waals surface area contributed by atoms with Crippen molar-refractivity contribution in [3.63, 3.8) is 0 Å². The molecule has 114 valence electrons. The molecule has 0 saturated heterocycles. The second kappa shape index (κ2) is 7.61. The first-order chi connectivity index (χ1) is 10.2. The Balaban J connectivity index is 2.00. The lowest BCUT2D eigenvalue weighted by atomic mass is 10.0. The van der Waals surface area contributed by atoms with Gasteiger partial charge in [0, 0.05) is 12.6 Å². The topological polar surface area (TPSA) is 53.1 Å². The Morgan fingerprint density at radius 1 is 1.33 bits per heavy atom. The van der Waals surface area contributed by atoms with Gasteiger partial charge in [0.15, 0.2) is 0 Å². The Morgan fingerprint density at radius 2 is 2.05 bits per heavy atom. The van der Waals surface area contributed by atoms with E-state index in [-0.39, 0.29) is 6.04 Å². The minimum atomic E-state index is -0.0180. The Morgan fingerprint density at radius 3 is 2.67 bits per heavy atom. The first-order valence-electron chi connectivity index (χ1n) is 7.25. The predicted molar refractivity (Wildman–Crippen MR) is 88.5 cm³/mol. The summed E-state index contributed by atoms with van der Waals surface area (Å²) >= 11 is 3.55. The molecule has 0 fully saturated rings. The van der Waals surface area contributed by atoms with Crippen molar-refractivity contribution in [2.45, 2.75) is 38.8 Å². The zero-order valence-corrected chi connectivity index (χ0v) is 14.1. The first kappa shape index (κ1) is 16.0. The quantitative estimate of drug-likeness (QED) is 0.827. The van der Waals surface area contributed by atoms with Crippen molar-refractivity contribution in [3.8, 4) is 5.75 Å². The van der Waals surface area contributed by atoms with Gasteiger partial charge in [0.25, 0.3) is 0 Å². The van der Waals surface area contributed by atoms with Gasteiger partial charge in [-0.3, -0.25) is 4.68 Å². The number of rotatable bonds is 7. The summed E-state index contributed by atoms with van der Waals surface area (Å²) in [4.78, 5) is 0. The molecule has 1 atom stereocenters. The van der Waals surface area contributed by atoms with Gasteiger partial charge >= 0.3 is 0 Å². The largest absolute Gasteiger partial charge is 0.497 e. The van der Waals surface area contributed by atoms with Crippen LogP contribution in [-0.2, 0) is 13.0 Å². The van der Waals surface area contributed by atoms with E-state index >= 15 is 0 Å². The van der Waals surface area contributed by atoms with Crippen LogP contribution < -0.4 is 10.5 Å². The molecular weight excluding hydrogens is 330 g/mol. The van der Waals surface area contributed by atoms with Crippen LogP contribution in [0.4, 0.5) is 0 Å². The summed E-state index contributed by atoms with van der Waals surface area (Å²) in [6, 6.07) is 8.12. The van der Waals surface area contributed by atoms with Crippen LogP contribution in [0.25, 0.3) is 0 Å². The van der Waals surface area contributed by atoms with Gasteiger partial charge in [0.1, 0.15) is 5.75 Å². The van der Waals surface area contributed by atoms with Gasteiger partial charge < -0.3 is 10.5 Å². The number of methoxy groups -OCH3 is 1. The maximum atomic E-state index is 6.36. The summed E-state index contributed by atoms with van der Waals surface area (Å²) < 4.78 is 8.17. The van der Waals surface area contributed by atoms with Gasteiger partial charge in [-0.05, 0) is 52.9 Å². The minimum Gasteiger partial charge on any atom is -0.497 e. The van der Waals surface area contributed by atoms with Crippen molar-refractivity contribution < 1.29 is 4.74 Å². The molecule has 2 rings (SSSR count). The molecule has 0 aliphatic heterocycles. The van der Waals surface area contributed by atoms with Crippen molar-refractivity contribution in [1.29, 1.82) is 0 Å². The standard InChI is InChI=1S/C16H22BrN3O/c1-3-10-20-16(14(17)11-19-20)15(18)9-6-12-4-7-13(21-2)8-5-12/h4-5,7-8,11,15H,3,6,9-10,18H2,1-2H3. The van der Waals surface area contributed by atoms with Gasteiger partial charge in [-0.2, -0.15) is 5.10 Å². The summed E-state index contributed by atoms with van der Waals surface area (Å²) in [6.45, 7) is 3.04. The average molecular weight is 352 g/mol. The summed E-state index contributed by atoms with van der Waals surface area (Å²) in [6.07, 6.45) is 4.71. The number of aryl methyl sites for hydroxylation is 2. The number of nitrogens with zero attached hydrogens (tertiary/aromatic N) is 2. The Bertz CT molecular complexity index is 565. The number of ether oxygens (including phenoxy) is 1. The first-order valence-corrected chi connectivity index (χ1v) is 8.04. The molecule has 2 N–H and O–H groups in total. The fourth-order valence-corrected chi connectivity index (χ4v) is 2.97. The zero-order valence-electron chi connectivity index (χ0n) is 12.6. The van der Waals surface area contributed by atoms with Crippen LogP contribution in [0.5, 0.6) is 5.75 Å². The number of aromatic nitrogens is 2. The maximum Gasteiger partial charge on any atom is 0.118 e. The molecule has 2 aromatic rings. The average Bonchev–Trinajstić information content (AvgIpc) is 2.86. The molecule has 0 radical (unpaired) electrons. The van der Waals surface area contributed by atoms with E-state index in [1.807, 2.05) is 23.0 Å². The van der Waals surface area contributed by atoms with E-state index in [2.05, 4.69) is 40.1 Å². The molecule has 0 saturated carbocycles. The molecule has 5 heteroatoms. The number of nitrogens with two attached hydrogens (primary N) is 1. The van der Waals surface area contributed by atoms with E-state index in [0.29, 0.717) is 0 Å². The summed E-state index contributed by atoms with van der Waals surface area (Å²) in [5.74, 6) is 0.881. The zero-order chi connectivity index (χ0) is 15.2. The highest BCUT2D eigenvalue weighted by Gasteiger charge is 2.16. The fourth-order valence-electron chi connectivity index (χ4n) is 2.38. The molecule has 1 aromatic heterocycles. The van der Waals surface area contributed by atoms with Crippen molar-refractivity contribution in [3.05, 3.63) is 46.2 Å². The van der Waals surface area contributed by atoms with Crippen LogP contribution in [0.2, 0.25) is 0 Å². The van der Waals surface area contributed by atoms with Crippen LogP contribution in [0.3, 0.4) is 0 Å². The van der Waals surface area contributed by atoms with E-state index in [9.17, 15) is 0 Å². The SMILES string of the molecule is CCCn1ncc(Br)c1C(N)CCc1ccc(OC)cc1. The molecule has 1 heterocycles. The monoisotopic (exact) mass is 351 g/mol. The molecule has 21 heavy (non-hydrogen) atoms. The third-order valence-corrected chi connectivity index (χ3v) is 4.13. The van der Waals surface area contributed by atoms with Crippen LogP contribution in [-0.4, -0.2) is 16.9 Å². The number of halogens is 1. The molecule has 0 amide bonds. The van der Waals surface area contributed by atoms with Crippen molar-refractivity contribution in [1.82, 2.24) is 9.78 Å². The van der Waals surface area contributed by atoms with E-state index in [1.54, 1.807) is 7.11 Å². The third kappa shape index (κ3) is 4.08. The highest BCUT2D eigenvalue weighted by atomic mass is 79.9. The Hall–Kier alpha value is -1.33. The number of hydrogen-bond acceptors (Lipinski definition) is 3. The molecule has 1 unspecified atom stereocenters. The second-order valence-corrected chi connectivity index (χ2v) is 5.95. The van der Waals surface area contributed by atoms with Gasteiger partial charge in [-0.15, -0.1) is 0 Å². The molecule has 0 aliphatic rings. The van der Waals surface area contributed by atoms with Crippen molar-refractivity contribution >= 4 is 15.9 Å². The van der Waals surface area contributed by atoms with Crippen molar-refractivity contribution in [2.75, 3.05) is 7.11 Å². The molecular formula is C16H22BrN3O. The van der Waals surface area contributed by atoms with Gasteiger partial charge in [-0.25, -0.2) is 0 Å². The lowest BCUT2D eigenvalue weighted by Crippen LogP contribution is -2.17. The number of hydrogen-bond donors (Lipinski definition) is 1. The molecule has 0 spiro atoms. The van der Waals surface area contributed by atoms with Crippen LogP contribution in [0.15, 0.2) is 34.9 Å². The van der Waals surface area contributed by atoms with Gasteiger partial charge in [0.2, 0.25) is 0 Å². The van der Waals surface area contributed by atoms with Crippen LogP contribution >= 0.6 is 15.9 Å². The van der Waals surface area contributed by atoms with E-state index in [1.165, 1.54) is 5.56 Å². The lowest BCUT2D eigenvalue weighted by Gasteiger charge is -2.15. The van der Waals surface area contributed by atoms with E-state index in [4.69, 9.17) is 10.5 Å². The van der Waals surface area contributed by atoms with Gasteiger partial charge in [-0.1, -0.05) is 19.1 Å². The molecule has 1 aromatic carbocycles. The van der Waals surface area contributed by atoms with Crippen molar-refractivity contribution in [2.24, 2.45) is 5.73 Å². The number of benzene rings is 1. The summed E-state index contributed by atoms with van der Waals surface area (Å²) in [7, 11) is 1.68. The van der Waals surface area contributed by atoms with Crippen LogP contribution in [0, 0.1) is 0 Å². The van der Waals surface area contributed by atoms with E-state index < -0.39 is 0 Å². The van der Waals surface area contributed by atoms with Crippen LogP contribution in [0.1, 0.15) is 37.1 Å². The third-order valence-electron chi connectivity index (χ3n) is 3.52. The highest BCUT2D eigenvalue weighted by molar-refractivity contribution is 9.10. The predicted octanol–water partition coefficient (Wildman–Crippen LogP) is 3.70. The fraction of sp³-hybridized carbons (Fsp3) is 0.438. The smallest absolute Gasteiger partial charge is 0.118 e. The summed E-state index contributed by atoms with van der Waals surface area (Å²) in [5, 5.41) is 4.38. The van der Waals surface area contributed by atoms with E-state index in [0.717, 1.165) is 41.7 Å². The Labute approximate surface area is 134 Å². The normalized spacial score (nSPS) is 12.4. The maximum absolute atomic E-state index is 6.36. The molecule has 4 nitrogen and oxygen atoms in total.